The number of hydrogen-bond donors (Lipinski definition) is 1. The van der Waals surface area contributed by atoms with E-state index in [0.717, 1.165) is 23.9 Å². The Labute approximate surface area is 167 Å². The number of nitrogens with zero attached hydrogens (tertiary/aromatic N) is 1. The molecule has 0 unspecified atom stereocenters. The molecule has 1 saturated heterocycles. The summed E-state index contributed by atoms with van der Waals surface area (Å²) in [5, 5.41) is 2.40. The average Bonchev–Trinajstić information content (AvgIpc) is 3.22. The van der Waals surface area contributed by atoms with Crippen molar-refractivity contribution in [1.29, 1.82) is 0 Å². The Morgan fingerprint density at radius 2 is 2.07 bits per heavy atom. The van der Waals surface area contributed by atoms with E-state index in [2.05, 4.69) is 5.32 Å². The second kappa shape index (κ2) is 8.19. The van der Waals surface area contributed by atoms with E-state index in [1.165, 1.54) is 23.3 Å². The lowest BCUT2D eigenvalue weighted by atomic mass is 10.2. The average molecular weight is 426 g/mol. The first-order chi connectivity index (χ1) is 13.2. The number of carbonyl (C=O) groups is 2. The number of hydrogen-bond acceptors (Lipinski definition) is 5. The van der Waals surface area contributed by atoms with Crippen molar-refractivity contribution < 1.29 is 27.2 Å². The lowest BCUT2D eigenvalue weighted by Gasteiger charge is -2.14. The van der Waals surface area contributed by atoms with Crippen molar-refractivity contribution in [3.05, 3.63) is 58.9 Å². The molecule has 0 radical (unpaired) electrons. The number of furan rings is 1. The summed E-state index contributed by atoms with van der Waals surface area (Å²) in [5.41, 5.74) is -0.826. The SMILES string of the molecule is O=C(CCN1C(=O)C(=Cc2ccco2)SC1=S)Nc1cccc(C(F)(F)F)c1. The zero-order chi connectivity index (χ0) is 20.3. The molecule has 0 atom stereocenters. The molecular formula is C18H13F3N2O3S2. The fraction of sp³-hybridized carbons (Fsp3) is 0.167. The van der Waals surface area contributed by atoms with E-state index >= 15 is 0 Å². The van der Waals surface area contributed by atoms with Crippen LogP contribution in [-0.4, -0.2) is 27.6 Å². The first kappa shape index (κ1) is 20.2. The first-order valence-electron chi connectivity index (χ1n) is 8.00. The summed E-state index contributed by atoms with van der Waals surface area (Å²) in [6.07, 6.45) is -1.58. The largest absolute Gasteiger partial charge is 0.465 e. The van der Waals surface area contributed by atoms with E-state index in [1.807, 2.05) is 0 Å². The number of nitrogens with one attached hydrogen (secondary N) is 1. The van der Waals surface area contributed by atoms with E-state index in [0.29, 0.717) is 15.0 Å². The van der Waals surface area contributed by atoms with Crippen LogP contribution in [0.3, 0.4) is 0 Å². The summed E-state index contributed by atoms with van der Waals surface area (Å²) in [6.45, 7) is 0.0188. The molecule has 0 aliphatic carbocycles. The second-order valence-corrected chi connectivity index (χ2v) is 7.40. The first-order valence-corrected chi connectivity index (χ1v) is 9.22. The molecule has 0 bridgehead atoms. The summed E-state index contributed by atoms with van der Waals surface area (Å²) in [7, 11) is 0. The molecule has 2 aromatic rings. The van der Waals surface area contributed by atoms with Crippen molar-refractivity contribution in [2.24, 2.45) is 0 Å². The van der Waals surface area contributed by atoms with Crippen LogP contribution >= 0.6 is 24.0 Å². The van der Waals surface area contributed by atoms with Gasteiger partial charge in [0.2, 0.25) is 5.91 Å². The van der Waals surface area contributed by atoms with Crippen LogP contribution in [0.25, 0.3) is 6.08 Å². The minimum Gasteiger partial charge on any atom is -0.465 e. The molecule has 146 valence electrons. The summed E-state index contributed by atoms with van der Waals surface area (Å²) in [5.74, 6) is -0.371. The minimum atomic E-state index is -4.50. The van der Waals surface area contributed by atoms with Crippen LogP contribution in [-0.2, 0) is 15.8 Å². The highest BCUT2D eigenvalue weighted by molar-refractivity contribution is 8.26. The van der Waals surface area contributed by atoms with E-state index in [1.54, 1.807) is 18.2 Å². The van der Waals surface area contributed by atoms with Gasteiger partial charge < -0.3 is 9.73 Å². The molecule has 0 spiro atoms. The predicted octanol–water partition coefficient (Wildman–Crippen LogP) is 4.53. The van der Waals surface area contributed by atoms with Gasteiger partial charge in [-0.05, 0) is 30.3 Å². The summed E-state index contributed by atoms with van der Waals surface area (Å²) in [6, 6.07) is 7.71. The van der Waals surface area contributed by atoms with Crippen molar-refractivity contribution in [3.63, 3.8) is 0 Å². The summed E-state index contributed by atoms with van der Waals surface area (Å²) in [4.78, 5) is 26.1. The number of anilines is 1. The number of thioether (sulfide) groups is 1. The highest BCUT2D eigenvalue weighted by Gasteiger charge is 2.33. The van der Waals surface area contributed by atoms with Crippen molar-refractivity contribution in [2.45, 2.75) is 12.6 Å². The molecule has 1 fully saturated rings. The Kier molecular flexibility index (Phi) is 5.90. The lowest BCUT2D eigenvalue weighted by Crippen LogP contribution is -2.31. The molecule has 1 aliphatic rings. The highest BCUT2D eigenvalue weighted by atomic mass is 32.2. The molecule has 2 heterocycles. The Balaban J connectivity index is 1.59. The standard InChI is InChI=1S/C18H13F3N2O3S2/c19-18(20,21)11-3-1-4-12(9-11)22-15(24)6-7-23-16(25)14(28-17(23)27)10-13-5-2-8-26-13/h1-5,8-10H,6-7H2,(H,22,24). The third kappa shape index (κ3) is 4.82. The maximum absolute atomic E-state index is 12.7. The van der Waals surface area contributed by atoms with Crippen LogP contribution in [0.1, 0.15) is 17.7 Å². The molecule has 1 aliphatic heterocycles. The van der Waals surface area contributed by atoms with Gasteiger partial charge in [0.1, 0.15) is 10.1 Å². The summed E-state index contributed by atoms with van der Waals surface area (Å²) < 4.78 is 43.7. The molecule has 28 heavy (non-hydrogen) atoms. The van der Waals surface area contributed by atoms with E-state index in [4.69, 9.17) is 16.6 Å². The lowest BCUT2D eigenvalue weighted by molar-refractivity contribution is -0.137. The number of halogens is 3. The van der Waals surface area contributed by atoms with Gasteiger partial charge in [0.15, 0.2) is 0 Å². The Bertz CT molecular complexity index is 940. The van der Waals surface area contributed by atoms with Crippen LogP contribution in [0.5, 0.6) is 0 Å². The topological polar surface area (TPSA) is 62.6 Å². The van der Waals surface area contributed by atoms with Gasteiger partial charge in [0.05, 0.1) is 16.7 Å². The molecule has 1 aromatic carbocycles. The zero-order valence-corrected chi connectivity index (χ0v) is 15.8. The van der Waals surface area contributed by atoms with E-state index in [9.17, 15) is 22.8 Å². The van der Waals surface area contributed by atoms with Gasteiger partial charge in [0.25, 0.3) is 5.91 Å². The summed E-state index contributed by atoms with van der Waals surface area (Å²) >= 11 is 6.26. The van der Waals surface area contributed by atoms with Crippen LogP contribution in [0.2, 0.25) is 0 Å². The van der Waals surface area contributed by atoms with Gasteiger partial charge in [-0.25, -0.2) is 0 Å². The maximum Gasteiger partial charge on any atom is 0.416 e. The monoisotopic (exact) mass is 426 g/mol. The van der Waals surface area contributed by atoms with Crippen molar-refractivity contribution in [3.8, 4) is 0 Å². The van der Waals surface area contributed by atoms with Crippen LogP contribution < -0.4 is 5.32 Å². The molecule has 1 N–H and O–H groups in total. The van der Waals surface area contributed by atoms with Crippen LogP contribution in [0, 0.1) is 0 Å². The molecule has 0 saturated carbocycles. The number of amides is 2. The molecule has 3 rings (SSSR count). The van der Waals surface area contributed by atoms with Crippen molar-refractivity contribution in [2.75, 3.05) is 11.9 Å². The number of thiocarbonyl (C=S) groups is 1. The smallest absolute Gasteiger partial charge is 0.416 e. The van der Waals surface area contributed by atoms with Crippen molar-refractivity contribution in [1.82, 2.24) is 4.90 Å². The predicted molar refractivity (Wildman–Crippen MR) is 103 cm³/mol. The number of rotatable bonds is 5. The fourth-order valence-electron chi connectivity index (χ4n) is 2.41. The Hall–Kier alpha value is -2.59. The Morgan fingerprint density at radius 3 is 2.75 bits per heavy atom. The number of alkyl halides is 3. The third-order valence-electron chi connectivity index (χ3n) is 3.73. The molecule has 2 amide bonds. The van der Waals surface area contributed by atoms with Gasteiger partial charge in [-0.2, -0.15) is 13.2 Å². The molecule has 5 nitrogen and oxygen atoms in total. The fourth-order valence-corrected chi connectivity index (χ4v) is 3.69. The Morgan fingerprint density at radius 1 is 1.29 bits per heavy atom. The van der Waals surface area contributed by atoms with Crippen molar-refractivity contribution >= 4 is 51.9 Å². The molecular weight excluding hydrogens is 413 g/mol. The minimum absolute atomic E-state index is 0.0188. The third-order valence-corrected chi connectivity index (χ3v) is 5.10. The van der Waals surface area contributed by atoms with Gasteiger partial charge in [-0.1, -0.05) is 30.0 Å². The highest BCUT2D eigenvalue weighted by Crippen LogP contribution is 2.33. The molecule has 10 heteroatoms. The maximum atomic E-state index is 12.7. The van der Waals surface area contributed by atoms with Gasteiger partial charge in [0, 0.05) is 24.7 Å². The van der Waals surface area contributed by atoms with Crippen LogP contribution in [0.15, 0.2) is 52.0 Å². The number of benzene rings is 1. The molecule has 1 aromatic heterocycles. The van der Waals surface area contributed by atoms with Crippen LogP contribution in [0.4, 0.5) is 18.9 Å². The van der Waals surface area contributed by atoms with Gasteiger partial charge >= 0.3 is 6.18 Å². The van der Waals surface area contributed by atoms with E-state index < -0.39 is 17.6 Å². The quantitative estimate of drug-likeness (QED) is 0.562. The number of carbonyl (C=O) groups excluding carboxylic acids is 2. The van der Waals surface area contributed by atoms with Gasteiger partial charge in [-0.3, -0.25) is 14.5 Å². The second-order valence-electron chi connectivity index (χ2n) is 5.73. The van der Waals surface area contributed by atoms with E-state index in [-0.39, 0.29) is 24.6 Å². The van der Waals surface area contributed by atoms with Gasteiger partial charge in [-0.15, -0.1) is 0 Å². The zero-order valence-electron chi connectivity index (χ0n) is 14.2. The normalized spacial score (nSPS) is 16.1.